The Balaban J connectivity index is 2.11. The van der Waals surface area contributed by atoms with E-state index in [9.17, 15) is 9.90 Å². The summed E-state index contributed by atoms with van der Waals surface area (Å²) in [7, 11) is 1.32. The third-order valence-corrected chi connectivity index (χ3v) is 4.36. The molecule has 1 aromatic heterocycles. The molecule has 112 valence electrons. The molecular formula is C15H16ClNO3S. The van der Waals surface area contributed by atoms with E-state index in [4.69, 9.17) is 16.3 Å². The maximum absolute atomic E-state index is 11.9. The van der Waals surface area contributed by atoms with E-state index in [0.29, 0.717) is 10.6 Å². The number of carbonyl (C=O) groups is 1. The highest BCUT2D eigenvalue weighted by atomic mass is 35.5. The fourth-order valence-corrected chi connectivity index (χ4v) is 2.91. The van der Waals surface area contributed by atoms with Crippen LogP contribution < -0.4 is 5.32 Å². The number of aliphatic hydroxyl groups is 1. The van der Waals surface area contributed by atoms with Gasteiger partial charge in [0.1, 0.15) is 12.1 Å². The third-order valence-electron chi connectivity index (χ3n) is 3.04. The minimum Gasteiger partial charge on any atom is -0.468 e. The summed E-state index contributed by atoms with van der Waals surface area (Å²) in [5.41, 5.74) is 0.629. The standard InChI is InChI=1S/C15H16ClNO3S/c1-20-15(19)14(10-5-2-3-6-11(10)16)17-9-12(18)13-7-4-8-21-13/h2-8,12,14,17-18H,9H2,1H3/t12?,14-/m0/s1. The lowest BCUT2D eigenvalue weighted by molar-refractivity contribution is -0.143. The molecule has 2 aromatic rings. The molecule has 0 aliphatic heterocycles. The van der Waals surface area contributed by atoms with Gasteiger partial charge in [0.25, 0.3) is 0 Å². The fourth-order valence-electron chi connectivity index (χ4n) is 1.96. The Morgan fingerprint density at radius 3 is 2.76 bits per heavy atom. The van der Waals surface area contributed by atoms with Gasteiger partial charge in [0.2, 0.25) is 0 Å². The van der Waals surface area contributed by atoms with Crippen molar-refractivity contribution in [3.05, 3.63) is 57.2 Å². The molecule has 0 amide bonds. The summed E-state index contributed by atoms with van der Waals surface area (Å²) < 4.78 is 4.81. The van der Waals surface area contributed by atoms with Crippen molar-refractivity contribution in [2.24, 2.45) is 0 Å². The molecule has 1 aromatic carbocycles. The Bertz CT molecular complexity index is 588. The number of nitrogens with one attached hydrogen (secondary N) is 1. The molecule has 0 aliphatic rings. The van der Waals surface area contributed by atoms with Crippen molar-refractivity contribution in [3.8, 4) is 0 Å². The average Bonchev–Trinajstić information content (AvgIpc) is 3.03. The zero-order valence-corrected chi connectivity index (χ0v) is 13.0. The minimum atomic E-state index is -0.710. The van der Waals surface area contributed by atoms with Crippen LogP contribution in [-0.4, -0.2) is 24.7 Å². The summed E-state index contributed by atoms with van der Waals surface area (Å²) in [6.45, 7) is 0.228. The zero-order valence-electron chi connectivity index (χ0n) is 11.5. The second-order valence-electron chi connectivity index (χ2n) is 4.42. The topological polar surface area (TPSA) is 58.6 Å². The van der Waals surface area contributed by atoms with Crippen LogP contribution in [0.1, 0.15) is 22.6 Å². The van der Waals surface area contributed by atoms with Crippen molar-refractivity contribution in [1.29, 1.82) is 0 Å². The minimum absolute atomic E-state index is 0.228. The smallest absolute Gasteiger partial charge is 0.327 e. The Hall–Kier alpha value is -1.40. The highest BCUT2D eigenvalue weighted by Gasteiger charge is 2.24. The first-order chi connectivity index (χ1) is 10.1. The molecule has 0 saturated carbocycles. The predicted molar refractivity (Wildman–Crippen MR) is 83.5 cm³/mol. The van der Waals surface area contributed by atoms with Crippen LogP contribution in [0.3, 0.4) is 0 Å². The van der Waals surface area contributed by atoms with E-state index in [2.05, 4.69) is 5.32 Å². The van der Waals surface area contributed by atoms with Crippen LogP contribution in [0.2, 0.25) is 5.02 Å². The predicted octanol–water partition coefficient (Wildman–Crippen LogP) is 2.94. The summed E-state index contributed by atoms with van der Waals surface area (Å²) >= 11 is 7.59. The van der Waals surface area contributed by atoms with Gasteiger partial charge in [0.15, 0.2) is 0 Å². The van der Waals surface area contributed by atoms with Crippen molar-refractivity contribution >= 4 is 28.9 Å². The SMILES string of the molecule is COC(=O)[C@@H](NCC(O)c1cccs1)c1ccccc1Cl. The van der Waals surface area contributed by atoms with Crippen molar-refractivity contribution in [1.82, 2.24) is 5.32 Å². The monoisotopic (exact) mass is 325 g/mol. The van der Waals surface area contributed by atoms with Crippen molar-refractivity contribution < 1.29 is 14.6 Å². The second-order valence-corrected chi connectivity index (χ2v) is 5.80. The van der Waals surface area contributed by atoms with Gasteiger partial charge in [-0.05, 0) is 23.1 Å². The molecule has 0 bridgehead atoms. The van der Waals surface area contributed by atoms with Gasteiger partial charge in [-0.2, -0.15) is 0 Å². The first-order valence-corrected chi connectivity index (χ1v) is 7.66. The number of halogens is 1. The summed E-state index contributed by atoms with van der Waals surface area (Å²) in [6.07, 6.45) is -0.681. The number of thiophene rings is 1. The molecular weight excluding hydrogens is 310 g/mol. The van der Waals surface area contributed by atoms with Crippen LogP contribution in [0.25, 0.3) is 0 Å². The lowest BCUT2D eigenvalue weighted by Crippen LogP contribution is -2.32. The molecule has 2 rings (SSSR count). The van der Waals surface area contributed by atoms with E-state index in [0.717, 1.165) is 4.88 Å². The Morgan fingerprint density at radius 1 is 1.38 bits per heavy atom. The van der Waals surface area contributed by atoms with E-state index in [1.54, 1.807) is 24.3 Å². The highest BCUT2D eigenvalue weighted by Crippen LogP contribution is 2.25. The summed E-state index contributed by atoms with van der Waals surface area (Å²) in [5, 5.41) is 15.5. The first-order valence-electron chi connectivity index (χ1n) is 6.40. The maximum Gasteiger partial charge on any atom is 0.327 e. The molecule has 21 heavy (non-hydrogen) atoms. The van der Waals surface area contributed by atoms with Gasteiger partial charge in [-0.15, -0.1) is 11.3 Å². The molecule has 0 fully saturated rings. The molecule has 6 heteroatoms. The van der Waals surface area contributed by atoms with Crippen LogP contribution in [0, 0.1) is 0 Å². The fraction of sp³-hybridized carbons (Fsp3) is 0.267. The number of aliphatic hydroxyl groups excluding tert-OH is 1. The molecule has 0 radical (unpaired) electrons. The van der Waals surface area contributed by atoms with E-state index in [-0.39, 0.29) is 6.54 Å². The molecule has 2 atom stereocenters. The summed E-state index contributed by atoms with van der Waals surface area (Å²) in [4.78, 5) is 12.8. The highest BCUT2D eigenvalue weighted by molar-refractivity contribution is 7.10. The quantitative estimate of drug-likeness (QED) is 0.802. The van der Waals surface area contributed by atoms with Crippen LogP contribution in [0.15, 0.2) is 41.8 Å². The molecule has 2 N–H and O–H groups in total. The third kappa shape index (κ3) is 4.04. The lowest BCUT2D eigenvalue weighted by atomic mass is 10.1. The normalized spacial score (nSPS) is 13.7. The molecule has 1 heterocycles. The zero-order chi connectivity index (χ0) is 15.2. The molecule has 0 saturated heterocycles. The van der Waals surface area contributed by atoms with Gasteiger partial charge in [0, 0.05) is 16.4 Å². The summed E-state index contributed by atoms with van der Waals surface area (Å²) in [6, 6.07) is 10.1. The summed E-state index contributed by atoms with van der Waals surface area (Å²) in [5.74, 6) is -0.443. The lowest BCUT2D eigenvalue weighted by Gasteiger charge is -2.19. The van der Waals surface area contributed by atoms with Gasteiger partial charge in [-0.3, -0.25) is 5.32 Å². The van der Waals surface area contributed by atoms with Crippen molar-refractivity contribution in [3.63, 3.8) is 0 Å². The number of hydrogen-bond donors (Lipinski definition) is 2. The van der Waals surface area contributed by atoms with Gasteiger partial charge < -0.3 is 9.84 Å². The van der Waals surface area contributed by atoms with Gasteiger partial charge in [0.05, 0.1) is 7.11 Å². The molecule has 1 unspecified atom stereocenters. The molecule has 0 aliphatic carbocycles. The van der Waals surface area contributed by atoms with E-state index < -0.39 is 18.1 Å². The number of benzene rings is 1. The van der Waals surface area contributed by atoms with E-state index in [1.807, 2.05) is 17.5 Å². The number of esters is 1. The first kappa shape index (κ1) is 16.0. The van der Waals surface area contributed by atoms with Crippen LogP contribution >= 0.6 is 22.9 Å². The van der Waals surface area contributed by atoms with Gasteiger partial charge in [-0.25, -0.2) is 4.79 Å². The largest absolute Gasteiger partial charge is 0.468 e. The second kappa shape index (κ2) is 7.56. The Morgan fingerprint density at radius 2 is 2.14 bits per heavy atom. The van der Waals surface area contributed by atoms with Crippen molar-refractivity contribution in [2.75, 3.05) is 13.7 Å². The maximum atomic E-state index is 11.9. The van der Waals surface area contributed by atoms with Crippen LogP contribution in [-0.2, 0) is 9.53 Å². The Kier molecular flexibility index (Phi) is 5.76. The number of hydrogen-bond acceptors (Lipinski definition) is 5. The van der Waals surface area contributed by atoms with E-state index >= 15 is 0 Å². The Labute approximate surface area is 132 Å². The molecule has 4 nitrogen and oxygen atoms in total. The van der Waals surface area contributed by atoms with Crippen molar-refractivity contribution in [2.45, 2.75) is 12.1 Å². The average molecular weight is 326 g/mol. The van der Waals surface area contributed by atoms with Crippen LogP contribution in [0.5, 0.6) is 0 Å². The number of rotatable bonds is 6. The van der Waals surface area contributed by atoms with Gasteiger partial charge in [-0.1, -0.05) is 35.9 Å². The number of methoxy groups -OCH3 is 1. The van der Waals surface area contributed by atoms with Crippen LogP contribution in [0.4, 0.5) is 0 Å². The molecule has 0 spiro atoms. The number of carbonyl (C=O) groups excluding carboxylic acids is 1. The van der Waals surface area contributed by atoms with Gasteiger partial charge >= 0.3 is 5.97 Å². The number of ether oxygens (including phenoxy) is 1. The van der Waals surface area contributed by atoms with E-state index in [1.165, 1.54) is 18.4 Å².